The zero-order chi connectivity index (χ0) is 21.2. The van der Waals surface area contributed by atoms with E-state index in [0.717, 1.165) is 5.56 Å². The van der Waals surface area contributed by atoms with E-state index in [1.54, 1.807) is 24.3 Å². The van der Waals surface area contributed by atoms with Crippen molar-refractivity contribution in [3.63, 3.8) is 0 Å². The molecule has 1 saturated heterocycles. The fourth-order valence-corrected chi connectivity index (χ4v) is 3.99. The van der Waals surface area contributed by atoms with Crippen LogP contribution in [-0.4, -0.2) is 30.3 Å². The van der Waals surface area contributed by atoms with Crippen LogP contribution in [0, 0.1) is 6.92 Å². The maximum absolute atomic E-state index is 13.0. The van der Waals surface area contributed by atoms with Crippen molar-refractivity contribution in [1.82, 2.24) is 0 Å². The summed E-state index contributed by atoms with van der Waals surface area (Å²) < 4.78 is 21.7. The minimum Gasteiger partial charge on any atom is -0.506 e. The number of aromatic hydroxyl groups is 1. The molecular formula is C22H16O8. The summed E-state index contributed by atoms with van der Waals surface area (Å²) in [5, 5.41) is 11.0. The van der Waals surface area contributed by atoms with Gasteiger partial charge < -0.3 is 23.7 Å². The lowest BCUT2D eigenvalue weighted by molar-refractivity contribution is -0.150. The molecule has 5 rings (SSSR count). The van der Waals surface area contributed by atoms with Gasteiger partial charge in [-0.1, -0.05) is 29.8 Å². The minimum absolute atomic E-state index is 0.0121. The Bertz CT molecular complexity index is 1290. The molecule has 0 amide bonds. The first-order valence-electron chi connectivity index (χ1n) is 9.27. The van der Waals surface area contributed by atoms with Gasteiger partial charge in [0.15, 0.2) is 11.1 Å². The van der Waals surface area contributed by atoms with Crippen LogP contribution in [0.5, 0.6) is 17.2 Å². The Labute approximate surface area is 169 Å². The van der Waals surface area contributed by atoms with Crippen molar-refractivity contribution in [3.05, 3.63) is 63.0 Å². The number of ketones is 1. The molecular weight excluding hydrogens is 392 g/mol. The fourth-order valence-electron chi connectivity index (χ4n) is 3.99. The molecule has 0 radical (unpaired) electrons. The molecule has 8 nitrogen and oxygen atoms in total. The second-order valence-corrected chi connectivity index (χ2v) is 7.29. The Morgan fingerprint density at radius 2 is 1.90 bits per heavy atom. The lowest BCUT2D eigenvalue weighted by atomic mass is 9.94. The van der Waals surface area contributed by atoms with Crippen molar-refractivity contribution in [2.45, 2.75) is 25.6 Å². The molecule has 1 fully saturated rings. The first-order valence-corrected chi connectivity index (χ1v) is 9.27. The van der Waals surface area contributed by atoms with Crippen molar-refractivity contribution in [2.75, 3.05) is 7.11 Å². The van der Waals surface area contributed by atoms with E-state index in [-0.39, 0.29) is 28.7 Å². The highest BCUT2D eigenvalue weighted by molar-refractivity contribution is 6.13. The second kappa shape index (κ2) is 6.35. The topological polar surface area (TPSA) is 112 Å². The van der Waals surface area contributed by atoms with Gasteiger partial charge in [-0.25, -0.2) is 4.79 Å². The number of hydrogen-bond donors (Lipinski definition) is 1. The molecule has 3 heterocycles. The van der Waals surface area contributed by atoms with E-state index in [2.05, 4.69) is 0 Å². The van der Waals surface area contributed by atoms with Gasteiger partial charge >= 0.3 is 11.6 Å². The van der Waals surface area contributed by atoms with Crippen LogP contribution in [0.25, 0.3) is 11.0 Å². The number of fused-ring (bicyclic) bond motifs is 5. The first kappa shape index (κ1) is 18.2. The monoisotopic (exact) mass is 408 g/mol. The van der Waals surface area contributed by atoms with Crippen molar-refractivity contribution in [3.8, 4) is 17.2 Å². The van der Waals surface area contributed by atoms with Crippen LogP contribution < -0.4 is 15.1 Å². The zero-order valence-electron chi connectivity index (χ0n) is 16.1. The summed E-state index contributed by atoms with van der Waals surface area (Å²) >= 11 is 0. The number of carbonyl (C=O) groups excluding carboxylic acids is 2. The maximum atomic E-state index is 13.0. The van der Waals surface area contributed by atoms with Crippen LogP contribution in [0.3, 0.4) is 0 Å². The third kappa shape index (κ3) is 2.50. The molecule has 0 saturated carbocycles. The van der Waals surface area contributed by atoms with Gasteiger partial charge in [0, 0.05) is 17.2 Å². The maximum Gasteiger partial charge on any atom is 0.351 e. The minimum atomic E-state index is -0.991. The lowest BCUT2D eigenvalue weighted by Crippen LogP contribution is -2.16. The predicted octanol–water partition coefficient (Wildman–Crippen LogP) is 2.80. The van der Waals surface area contributed by atoms with Gasteiger partial charge in [-0.15, -0.1) is 0 Å². The first-order chi connectivity index (χ1) is 14.4. The summed E-state index contributed by atoms with van der Waals surface area (Å²) in [4.78, 5) is 37.4. The van der Waals surface area contributed by atoms with Gasteiger partial charge in [0.05, 0.1) is 19.4 Å². The van der Waals surface area contributed by atoms with Gasteiger partial charge in [-0.2, -0.15) is 0 Å². The normalized spacial score (nSPS) is 19.2. The van der Waals surface area contributed by atoms with E-state index in [1.807, 2.05) is 6.92 Å². The molecule has 152 valence electrons. The van der Waals surface area contributed by atoms with Gasteiger partial charge in [-0.3, -0.25) is 9.59 Å². The van der Waals surface area contributed by atoms with Crippen molar-refractivity contribution in [1.29, 1.82) is 0 Å². The molecule has 0 aliphatic carbocycles. The molecule has 2 aromatic carbocycles. The van der Waals surface area contributed by atoms with E-state index in [4.69, 9.17) is 18.6 Å². The molecule has 8 heteroatoms. The molecule has 1 N–H and O–H groups in total. The molecule has 0 bridgehead atoms. The third-order valence-corrected chi connectivity index (χ3v) is 5.46. The van der Waals surface area contributed by atoms with Gasteiger partial charge in [0.2, 0.25) is 5.78 Å². The van der Waals surface area contributed by atoms with E-state index < -0.39 is 40.9 Å². The van der Waals surface area contributed by atoms with Gasteiger partial charge in [0.1, 0.15) is 22.6 Å². The van der Waals surface area contributed by atoms with Gasteiger partial charge in [0.25, 0.3) is 6.29 Å². The molecule has 2 aliphatic rings. The Morgan fingerprint density at radius 3 is 2.60 bits per heavy atom. The third-order valence-electron chi connectivity index (χ3n) is 5.46. The fraction of sp³-hybridized carbons (Fsp3) is 0.227. The van der Waals surface area contributed by atoms with E-state index >= 15 is 0 Å². The highest BCUT2D eigenvalue weighted by atomic mass is 16.7. The predicted molar refractivity (Wildman–Crippen MR) is 103 cm³/mol. The highest BCUT2D eigenvalue weighted by Gasteiger charge is 2.47. The number of hydrogen-bond acceptors (Lipinski definition) is 8. The summed E-state index contributed by atoms with van der Waals surface area (Å²) in [6.07, 6.45) is -0.780. The molecule has 2 unspecified atom stereocenters. The molecule has 30 heavy (non-hydrogen) atoms. The number of methoxy groups -OCH3 is 1. The van der Waals surface area contributed by atoms with E-state index in [0.29, 0.717) is 11.3 Å². The average molecular weight is 408 g/mol. The summed E-state index contributed by atoms with van der Waals surface area (Å²) in [7, 11) is 1.38. The molecule has 2 aliphatic heterocycles. The summed E-state index contributed by atoms with van der Waals surface area (Å²) in [5.74, 6) is -1.63. The lowest BCUT2D eigenvalue weighted by Gasteiger charge is -2.13. The molecule has 3 aromatic rings. The summed E-state index contributed by atoms with van der Waals surface area (Å²) in [5.41, 5.74) is 0.150. The van der Waals surface area contributed by atoms with Crippen LogP contribution in [0.2, 0.25) is 0 Å². The quantitative estimate of drug-likeness (QED) is 0.400. The molecule has 0 spiro atoms. The Kier molecular flexibility index (Phi) is 3.86. The summed E-state index contributed by atoms with van der Waals surface area (Å²) in [6.45, 7) is 1.87. The van der Waals surface area contributed by atoms with Crippen molar-refractivity contribution in [2.24, 2.45) is 0 Å². The van der Waals surface area contributed by atoms with Crippen LogP contribution in [0.1, 0.15) is 39.4 Å². The number of rotatable bonds is 3. The van der Waals surface area contributed by atoms with Crippen LogP contribution in [0.4, 0.5) is 0 Å². The smallest absolute Gasteiger partial charge is 0.351 e. The number of esters is 1. The highest BCUT2D eigenvalue weighted by Crippen LogP contribution is 2.51. The summed E-state index contributed by atoms with van der Waals surface area (Å²) in [6, 6.07) is 8.12. The van der Waals surface area contributed by atoms with Gasteiger partial charge in [-0.05, 0) is 6.92 Å². The Morgan fingerprint density at radius 1 is 1.17 bits per heavy atom. The zero-order valence-corrected chi connectivity index (χ0v) is 16.1. The number of benzene rings is 2. The van der Waals surface area contributed by atoms with Crippen LogP contribution >= 0.6 is 0 Å². The Hall–Kier alpha value is -3.81. The van der Waals surface area contributed by atoms with Crippen LogP contribution in [0.15, 0.2) is 39.5 Å². The standard InChI is InChI=1S/C22H16O8/c1-9-3-5-10(6-4-9)18(24)17-19(25)16-12(27-2)8-13-15(20(16)30-21(17)26)11-7-14(23)29-22(11)28-13/h3-6,8,11,22,25H,7H2,1-2H3. The number of carbonyl (C=O) groups is 2. The SMILES string of the molecule is COc1cc2c(c3oc(=O)c(C(=O)c4ccc(C)cc4)c(O)c13)C1CC(=O)OC1O2. The van der Waals surface area contributed by atoms with Crippen molar-refractivity contribution >= 4 is 22.7 Å². The van der Waals surface area contributed by atoms with Crippen molar-refractivity contribution < 1.29 is 33.3 Å². The largest absolute Gasteiger partial charge is 0.506 e. The van der Waals surface area contributed by atoms with E-state index in [1.165, 1.54) is 13.2 Å². The molecule has 2 atom stereocenters. The number of aryl methyl sites for hydroxylation is 1. The second-order valence-electron chi connectivity index (χ2n) is 7.29. The van der Waals surface area contributed by atoms with E-state index in [9.17, 15) is 19.5 Å². The average Bonchev–Trinajstić information content (AvgIpc) is 3.22. The molecule has 1 aromatic heterocycles. The number of ether oxygens (including phenoxy) is 3. The Balaban J connectivity index is 1.76. The van der Waals surface area contributed by atoms with Crippen LogP contribution in [-0.2, 0) is 9.53 Å².